The molecular weight excluding hydrogens is 281 g/mol. The average Bonchev–Trinajstić information content (AvgIpc) is 2.37. The highest BCUT2D eigenvalue weighted by Crippen LogP contribution is 2.59. The van der Waals surface area contributed by atoms with Crippen LogP contribution in [0.2, 0.25) is 0 Å². The van der Waals surface area contributed by atoms with Crippen molar-refractivity contribution in [3.05, 3.63) is 39.9 Å². The molecule has 0 aliphatic heterocycles. The van der Waals surface area contributed by atoms with Gasteiger partial charge in [0.1, 0.15) is 0 Å². The number of hydrogen-bond donors (Lipinski definition) is 2. The maximum absolute atomic E-state index is 11.8. The standard InChI is InChI=1S/C13H20NO5P/c1-3-4-5-10-13(2,20(17,18)19)11-6-8-12(9-7-11)14(15)16/h6-9H,3-5,10H2,1-2H3,(H2,17,18,19). The molecule has 0 saturated heterocycles. The second-order valence-electron chi connectivity index (χ2n) is 5.08. The summed E-state index contributed by atoms with van der Waals surface area (Å²) in [5.74, 6) is 0. The smallest absolute Gasteiger partial charge is 0.324 e. The summed E-state index contributed by atoms with van der Waals surface area (Å²) in [5, 5.41) is 9.33. The largest absolute Gasteiger partial charge is 0.335 e. The van der Waals surface area contributed by atoms with Crippen molar-refractivity contribution in [2.75, 3.05) is 0 Å². The lowest BCUT2D eigenvalue weighted by molar-refractivity contribution is -0.384. The molecule has 0 aliphatic carbocycles. The van der Waals surface area contributed by atoms with Gasteiger partial charge < -0.3 is 9.79 Å². The van der Waals surface area contributed by atoms with Crippen LogP contribution in [0.15, 0.2) is 24.3 Å². The van der Waals surface area contributed by atoms with Gasteiger partial charge in [0.15, 0.2) is 0 Å². The minimum Gasteiger partial charge on any atom is -0.324 e. The van der Waals surface area contributed by atoms with Gasteiger partial charge in [-0.2, -0.15) is 0 Å². The Balaban J connectivity index is 3.10. The van der Waals surface area contributed by atoms with Crippen LogP contribution in [0.25, 0.3) is 0 Å². The predicted molar refractivity (Wildman–Crippen MR) is 76.6 cm³/mol. The fraction of sp³-hybridized carbons (Fsp3) is 0.538. The summed E-state index contributed by atoms with van der Waals surface area (Å²) in [6, 6.07) is 5.43. The molecule has 0 saturated carbocycles. The van der Waals surface area contributed by atoms with Crippen molar-refractivity contribution in [2.45, 2.75) is 44.7 Å². The molecule has 1 unspecified atom stereocenters. The Hall–Kier alpha value is -1.23. The number of unbranched alkanes of at least 4 members (excludes halogenated alkanes) is 2. The van der Waals surface area contributed by atoms with Crippen molar-refractivity contribution in [1.29, 1.82) is 0 Å². The molecule has 0 fully saturated rings. The van der Waals surface area contributed by atoms with Crippen molar-refractivity contribution in [2.24, 2.45) is 0 Å². The maximum Gasteiger partial charge on any atom is 0.335 e. The van der Waals surface area contributed by atoms with Crippen LogP contribution >= 0.6 is 7.60 Å². The third-order valence-corrected chi connectivity index (χ3v) is 5.38. The highest BCUT2D eigenvalue weighted by Gasteiger charge is 2.43. The summed E-state index contributed by atoms with van der Waals surface area (Å²) in [4.78, 5) is 29.4. The van der Waals surface area contributed by atoms with Crippen LogP contribution in [0.1, 0.15) is 45.1 Å². The molecule has 112 valence electrons. The summed E-state index contributed by atoms with van der Waals surface area (Å²) in [7, 11) is -4.36. The van der Waals surface area contributed by atoms with Gasteiger partial charge >= 0.3 is 7.60 Å². The van der Waals surface area contributed by atoms with Gasteiger partial charge in [-0.15, -0.1) is 0 Å². The van der Waals surface area contributed by atoms with E-state index in [4.69, 9.17) is 0 Å². The van der Waals surface area contributed by atoms with Crippen LogP contribution in [0.5, 0.6) is 0 Å². The summed E-state index contributed by atoms with van der Waals surface area (Å²) >= 11 is 0. The Kier molecular flexibility index (Phi) is 5.45. The molecule has 1 rings (SSSR count). The first kappa shape index (κ1) is 16.8. The van der Waals surface area contributed by atoms with Gasteiger partial charge in [-0.25, -0.2) is 0 Å². The Morgan fingerprint density at radius 2 is 1.80 bits per heavy atom. The van der Waals surface area contributed by atoms with E-state index in [0.717, 1.165) is 12.8 Å². The molecule has 0 aliphatic rings. The molecule has 7 heteroatoms. The van der Waals surface area contributed by atoms with E-state index in [-0.39, 0.29) is 5.69 Å². The fourth-order valence-corrected chi connectivity index (χ4v) is 3.05. The average molecular weight is 301 g/mol. The van der Waals surface area contributed by atoms with E-state index in [9.17, 15) is 24.5 Å². The molecule has 0 bridgehead atoms. The summed E-state index contributed by atoms with van der Waals surface area (Å²) < 4.78 is 11.8. The molecule has 0 heterocycles. The van der Waals surface area contributed by atoms with E-state index in [0.29, 0.717) is 18.4 Å². The first-order valence-corrected chi connectivity index (χ1v) is 8.14. The Morgan fingerprint density at radius 3 is 2.20 bits per heavy atom. The van der Waals surface area contributed by atoms with E-state index in [1.807, 2.05) is 6.92 Å². The lowest BCUT2D eigenvalue weighted by Gasteiger charge is -2.31. The van der Waals surface area contributed by atoms with E-state index in [1.54, 1.807) is 0 Å². The van der Waals surface area contributed by atoms with Gasteiger partial charge in [-0.1, -0.05) is 38.3 Å². The number of nitro benzene ring substituents is 1. The first-order chi connectivity index (χ1) is 9.22. The summed E-state index contributed by atoms with van der Waals surface area (Å²) in [6.07, 6.45) is 2.90. The monoisotopic (exact) mass is 301 g/mol. The van der Waals surface area contributed by atoms with Gasteiger partial charge in [0, 0.05) is 12.1 Å². The van der Waals surface area contributed by atoms with E-state index in [1.165, 1.54) is 31.2 Å². The van der Waals surface area contributed by atoms with Gasteiger partial charge in [0.2, 0.25) is 0 Å². The zero-order chi connectivity index (χ0) is 15.4. The van der Waals surface area contributed by atoms with E-state index in [2.05, 4.69) is 0 Å². The maximum atomic E-state index is 11.8. The summed E-state index contributed by atoms with van der Waals surface area (Å²) in [5.41, 5.74) is 0.350. The van der Waals surface area contributed by atoms with Crippen LogP contribution < -0.4 is 0 Å². The number of nitrogens with zero attached hydrogens (tertiary/aromatic N) is 1. The minimum absolute atomic E-state index is 0.0876. The number of hydrogen-bond acceptors (Lipinski definition) is 3. The molecule has 1 aromatic carbocycles. The Bertz CT molecular complexity index is 510. The van der Waals surface area contributed by atoms with Gasteiger partial charge in [0.25, 0.3) is 5.69 Å². The van der Waals surface area contributed by atoms with Crippen molar-refractivity contribution in [1.82, 2.24) is 0 Å². The van der Waals surface area contributed by atoms with Crippen molar-refractivity contribution in [3.63, 3.8) is 0 Å². The summed E-state index contributed by atoms with van der Waals surface area (Å²) in [6.45, 7) is 3.53. The van der Waals surface area contributed by atoms with E-state index < -0.39 is 17.7 Å². The van der Waals surface area contributed by atoms with Crippen LogP contribution in [0.3, 0.4) is 0 Å². The number of benzene rings is 1. The molecule has 0 amide bonds. The Labute approximate surface area is 118 Å². The number of nitro groups is 1. The van der Waals surface area contributed by atoms with Crippen LogP contribution in [0, 0.1) is 10.1 Å². The highest BCUT2D eigenvalue weighted by atomic mass is 31.2. The van der Waals surface area contributed by atoms with Crippen molar-refractivity contribution < 1.29 is 19.3 Å². The van der Waals surface area contributed by atoms with Crippen LogP contribution in [0.4, 0.5) is 5.69 Å². The van der Waals surface area contributed by atoms with Crippen molar-refractivity contribution in [3.8, 4) is 0 Å². The quantitative estimate of drug-likeness (QED) is 0.347. The highest BCUT2D eigenvalue weighted by molar-refractivity contribution is 7.53. The molecular formula is C13H20NO5P. The Morgan fingerprint density at radius 1 is 1.25 bits per heavy atom. The molecule has 0 radical (unpaired) electrons. The molecule has 1 aromatic rings. The molecule has 6 nitrogen and oxygen atoms in total. The molecule has 0 spiro atoms. The number of non-ortho nitro benzene ring substituents is 1. The first-order valence-electron chi connectivity index (χ1n) is 6.53. The predicted octanol–water partition coefficient (Wildman–Crippen LogP) is 3.57. The second kappa shape index (κ2) is 6.48. The lowest BCUT2D eigenvalue weighted by Crippen LogP contribution is -2.22. The van der Waals surface area contributed by atoms with Gasteiger partial charge in [-0.3, -0.25) is 14.7 Å². The second-order valence-corrected chi connectivity index (χ2v) is 7.15. The fourth-order valence-electron chi connectivity index (χ4n) is 2.12. The minimum atomic E-state index is -4.36. The zero-order valence-corrected chi connectivity index (χ0v) is 12.5. The van der Waals surface area contributed by atoms with Crippen LogP contribution in [-0.4, -0.2) is 14.7 Å². The van der Waals surface area contributed by atoms with Gasteiger partial charge in [-0.05, 0) is 18.9 Å². The van der Waals surface area contributed by atoms with Gasteiger partial charge in [0.05, 0.1) is 10.1 Å². The molecule has 20 heavy (non-hydrogen) atoms. The zero-order valence-electron chi connectivity index (χ0n) is 11.7. The topological polar surface area (TPSA) is 101 Å². The third-order valence-electron chi connectivity index (χ3n) is 3.61. The molecule has 1 atom stereocenters. The van der Waals surface area contributed by atoms with Crippen LogP contribution in [-0.2, 0) is 9.72 Å². The number of rotatable bonds is 7. The molecule has 2 N–H and O–H groups in total. The normalized spacial score (nSPS) is 14.8. The SMILES string of the molecule is CCCCCC(C)(c1ccc([N+](=O)[O-])cc1)P(=O)(O)O. The molecule has 0 aromatic heterocycles. The van der Waals surface area contributed by atoms with E-state index >= 15 is 0 Å². The lowest BCUT2D eigenvalue weighted by atomic mass is 9.93. The third kappa shape index (κ3) is 3.66. The van der Waals surface area contributed by atoms with Crippen molar-refractivity contribution >= 4 is 13.3 Å².